The molecule has 2 aromatic carbocycles. The van der Waals surface area contributed by atoms with Crippen LogP contribution in [0.15, 0.2) is 54.6 Å². The molecule has 2 rings (SSSR count). The van der Waals surface area contributed by atoms with Gasteiger partial charge in [0.15, 0.2) is 5.78 Å². The molecule has 0 aliphatic heterocycles. The fourth-order valence-corrected chi connectivity index (χ4v) is 1.84. The Labute approximate surface area is 124 Å². The third-order valence-corrected chi connectivity index (χ3v) is 2.95. The normalized spacial score (nSPS) is 10.7. The summed E-state index contributed by atoms with van der Waals surface area (Å²) in [5, 5.41) is 9.63. The van der Waals surface area contributed by atoms with Crippen LogP contribution < -0.4 is 4.74 Å². The fourth-order valence-electron chi connectivity index (χ4n) is 1.84. The number of para-hydroxylation sites is 1. The molecular weight excluding hydrogens is 264 g/mol. The summed E-state index contributed by atoms with van der Waals surface area (Å²) in [5.41, 5.74) is 1.21. The quantitative estimate of drug-likeness (QED) is 0.641. The highest BCUT2D eigenvalue weighted by Crippen LogP contribution is 2.18. The van der Waals surface area contributed by atoms with Gasteiger partial charge in [0.1, 0.15) is 11.5 Å². The minimum atomic E-state index is -0.223. The van der Waals surface area contributed by atoms with E-state index >= 15 is 0 Å². The number of hydrogen-bond donors (Lipinski definition) is 1. The Balaban J connectivity index is 2.04. The van der Waals surface area contributed by atoms with Crippen molar-refractivity contribution < 1.29 is 14.6 Å². The average molecular weight is 282 g/mol. The lowest BCUT2D eigenvalue weighted by molar-refractivity contribution is 0.104. The number of rotatable bonds is 6. The zero-order chi connectivity index (χ0) is 15.1. The monoisotopic (exact) mass is 282 g/mol. The second kappa shape index (κ2) is 7.29. The first kappa shape index (κ1) is 14.9. The fraction of sp³-hybridized carbons (Fsp3) is 0.167. The minimum Gasteiger partial charge on any atom is -0.507 e. The van der Waals surface area contributed by atoms with Gasteiger partial charge in [-0.1, -0.05) is 37.3 Å². The predicted molar refractivity (Wildman–Crippen MR) is 83.7 cm³/mol. The van der Waals surface area contributed by atoms with Gasteiger partial charge in [0, 0.05) is 0 Å². The molecule has 3 heteroatoms. The van der Waals surface area contributed by atoms with Crippen molar-refractivity contribution >= 4 is 11.9 Å². The zero-order valence-corrected chi connectivity index (χ0v) is 12.0. The molecule has 0 heterocycles. The van der Waals surface area contributed by atoms with Crippen LogP contribution in [0.25, 0.3) is 6.08 Å². The molecule has 0 atom stereocenters. The second-order valence-electron chi connectivity index (χ2n) is 4.63. The van der Waals surface area contributed by atoms with Gasteiger partial charge in [-0.05, 0) is 42.3 Å². The topological polar surface area (TPSA) is 46.5 Å². The van der Waals surface area contributed by atoms with E-state index in [1.165, 1.54) is 12.1 Å². The maximum Gasteiger partial charge on any atom is 0.189 e. The van der Waals surface area contributed by atoms with E-state index in [1.54, 1.807) is 24.3 Å². The Morgan fingerprint density at radius 1 is 1.14 bits per heavy atom. The summed E-state index contributed by atoms with van der Waals surface area (Å²) in [6, 6.07) is 14.0. The van der Waals surface area contributed by atoms with Crippen molar-refractivity contribution in [3.05, 3.63) is 65.7 Å². The van der Waals surface area contributed by atoms with Crippen LogP contribution in [0, 0.1) is 0 Å². The number of carbonyl (C=O) groups is 1. The molecule has 0 unspecified atom stereocenters. The highest BCUT2D eigenvalue weighted by molar-refractivity contribution is 6.08. The molecule has 0 fully saturated rings. The van der Waals surface area contributed by atoms with Gasteiger partial charge in [-0.25, -0.2) is 0 Å². The average Bonchev–Trinajstić information content (AvgIpc) is 2.52. The molecule has 0 bridgehead atoms. The van der Waals surface area contributed by atoms with Crippen molar-refractivity contribution in [1.82, 2.24) is 0 Å². The third-order valence-electron chi connectivity index (χ3n) is 2.95. The van der Waals surface area contributed by atoms with Gasteiger partial charge in [-0.3, -0.25) is 4.79 Å². The summed E-state index contributed by atoms with van der Waals surface area (Å²) in [4.78, 5) is 12.0. The first-order valence-electron chi connectivity index (χ1n) is 6.94. The lowest BCUT2D eigenvalue weighted by Gasteiger charge is -2.04. The molecule has 0 aliphatic rings. The highest BCUT2D eigenvalue weighted by atomic mass is 16.5. The van der Waals surface area contributed by atoms with Gasteiger partial charge in [0.05, 0.1) is 12.2 Å². The van der Waals surface area contributed by atoms with E-state index in [9.17, 15) is 9.90 Å². The van der Waals surface area contributed by atoms with Crippen LogP contribution in [0.4, 0.5) is 0 Å². The lowest BCUT2D eigenvalue weighted by atomic mass is 10.1. The summed E-state index contributed by atoms with van der Waals surface area (Å²) < 4.78 is 5.50. The molecule has 1 N–H and O–H groups in total. The lowest BCUT2D eigenvalue weighted by Crippen LogP contribution is -1.95. The molecule has 0 saturated heterocycles. The maximum atomic E-state index is 12.0. The smallest absolute Gasteiger partial charge is 0.189 e. The predicted octanol–water partition coefficient (Wildman–Crippen LogP) is 4.08. The van der Waals surface area contributed by atoms with E-state index in [0.29, 0.717) is 12.2 Å². The molecule has 0 saturated carbocycles. The summed E-state index contributed by atoms with van der Waals surface area (Å²) in [6.45, 7) is 2.75. The highest BCUT2D eigenvalue weighted by Gasteiger charge is 2.06. The molecule has 0 amide bonds. The Kier molecular flexibility index (Phi) is 5.16. The Morgan fingerprint density at radius 3 is 2.52 bits per heavy atom. The Hall–Kier alpha value is -2.55. The van der Waals surface area contributed by atoms with Crippen LogP contribution in [-0.4, -0.2) is 17.5 Å². The van der Waals surface area contributed by atoms with Crippen LogP contribution in [0.1, 0.15) is 29.3 Å². The Bertz CT molecular complexity index is 627. The van der Waals surface area contributed by atoms with Crippen molar-refractivity contribution in [3.63, 3.8) is 0 Å². The molecule has 3 nitrogen and oxygen atoms in total. The number of ketones is 1. The van der Waals surface area contributed by atoms with E-state index in [0.717, 1.165) is 17.7 Å². The van der Waals surface area contributed by atoms with Crippen molar-refractivity contribution in [2.45, 2.75) is 13.3 Å². The molecule has 0 spiro atoms. The van der Waals surface area contributed by atoms with Crippen LogP contribution >= 0.6 is 0 Å². The van der Waals surface area contributed by atoms with E-state index in [-0.39, 0.29) is 11.5 Å². The van der Waals surface area contributed by atoms with E-state index in [4.69, 9.17) is 4.74 Å². The van der Waals surface area contributed by atoms with E-state index < -0.39 is 0 Å². The van der Waals surface area contributed by atoms with Crippen molar-refractivity contribution in [2.24, 2.45) is 0 Å². The first-order valence-corrected chi connectivity index (χ1v) is 6.94. The molecule has 2 aromatic rings. The van der Waals surface area contributed by atoms with Crippen molar-refractivity contribution in [1.29, 1.82) is 0 Å². The number of benzene rings is 2. The zero-order valence-electron chi connectivity index (χ0n) is 12.0. The van der Waals surface area contributed by atoms with Crippen LogP contribution in [0.3, 0.4) is 0 Å². The van der Waals surface area contributed by atoms with Gasteiger partial charge < -0.3 is 9.84 Å². The molecule has 0 aromatic heterocycles. The molecular formula is C18H18O3. The number of aromatic hydroxyl groups is 1. The van der Waals surface area contributed by atoms with Crippen LogP contribution in [0.2, 0.25) is 0 Å². The van der Waals surface area contributed by atoms with Gasteiger partial charge in [-0.2, -0.15) is 0 Å². The SMILES string of the molecule is CCCOc1ccc(C=CC(=O)c2ccccc2O)cc1. The number of hydrogen-bond acceptors (Lipinski definition) is 3. The van der Waals surface area contributed by atoms with Crippen LogP contribution in [0.5, 0.6) is 11.5 Å². The summed E-state index contributed by atoms with van der Waals surface area (Å²) in [6.07, 6.45) is 4.14. The van der Waals surface area contributed by atoms with E-state index in [2.05, 4.69) is 6.92 Å². The van der Waals surface area contributed by atoms with Crippen molar-refractivity contribution in [3.8, 4) is 11.5 Å². The largest absolute Gasteiger partial charge is 0.507 e. The second-order valence-corrected chi connectivity index (χ2v) is 4.63. The number of ether oxygens (including phenoxy) is 1. The standard InChI is InChI=1S/C18H18O3/c1-2-13-21-15-10-7-14(8-11-15)9-12-18(20)16-5-3-4-6-17(16)19/h3-12,19H,2,13H2,1H3. The number of phenols is 1. The number of allylic oxidation sites excluding steroid dienone is 1. The van der Waals surface area contributed by atoms with Gasteiger partial charge >= 0.3 is 0 Å². The van der Waals surface area contributed by atoms with E-state index in [1.807, 2.05) is 24.3 Å². The minimum absolute atomic E-state index is 0.00420. The maximum absolute atomic E-state index is 12.0. The van der Waals surface area contributed by atoms with Crippen molar-refractivity contribution in [2.75, 3.05) is 6.61 Å². The van der Waals surface area contributed by atoms with Crippen LogP contribution in [-0.2, 0) is 0 Å². The van der Waals surface area contributed by atoms with Gasteiger partial charge in [0.25, 0.3) is 0 Å². The first-order chi connectivity index (χ1) is 10.2. The number of phenolic OH excluding ortho intramolecular Hbond substituents is 1. The molecule has 0 aliphatic carbocycles. The summed E-state index contributed by atoms with van der Waals surface area (Å²) in [5.74, 6) is 0.593. The number of carbonyl (C=O) groups excluding carboxylic acids is 1. The third kappa shape index (κ3) is 4.21. The molecule has 21 heavy (non-hydrogen) atoms. The molecule has 108 valence electrons. The van der Waals surface area contributed by atoms with Gasteiger partial charge in [0.2, 0.25) is 0 Å². The molecule has 0 radical (unpaired) electrons. The summed E-state index contributed by atoms with van der Waals surface area (Å²) in [7, 11) is 0. The Morgan fingerprint density at radius 2 is 1.86 bits per heavy atom. The summed E-state index contributed by atoms with van der Waals surface area (Å²) >= 11 is 0. The van der Waals surface area contributed by atoms with Gasteiger partial charge in [-0.15, -0.1) is 0 Å².